The van der Waals surface area contributed by atoms with Crippen LogP contribution in [0.25, 0.3) is 0 Å². The molecule has 0 radical (unpaired) electrons. The fourth-order valence-corrected chi connectivity index (χ4v) is 6.57. The lowest BCUT2D eigenvalue weighted by molar-refractivity contribution is -0.151. The van der Waals surface area contributed by atoms with Gasteiger partial charge in [0.15, 0.2) is 0 Å². The summed E-state index contributed by atoms with van der Waals surface area (Å²) in [5, 5.41) is 14.5. The quantitative estimate of drug-likeness (QED) is 0.232. The topological polar surface area (TPSA) is 151 Å². The number of thioether (sulfide) groups is 2. The predicted octanol–water partition coefficient (Wildman–Crippen LogP) is 2.15. The molecule has 2 heterocycles. The number of carboxylic acid groups (broad SMARTS) is 1. The number of carbonyl (C=O) groups excluding carboxylic acids is 4. The minimum atomic E-state index is -1.33. The molecule has 1 aliphatic carbocycles. The number of aliphatic carboxylic acids is 1. The highest BCUT2D eigenvalue weighted by molar-refractivity contribution is 8.17. The van der Waals surface area contributed by atoms with E-state index in [2.05, 4.69) is 10.6 Å². The zero-order chi connectivity index (χ0) is 27.5. The van der Waals surface area contributed by atoms with Crippen molar-refractivity contribution in [2.75, 3.05) is 12.9 Å². The second-order valence-electron chi connectivity index (χ2n) is 9.52. The Morgan fingerprint density at radius 3 is 2.51 bits per heavy atom. The number of fused-ring (bicyclic) bond motifs is 1. The lowest BCUT2D eigenvalue weighted by Crippen LogP contribution is -2.72. The number of hydrogen-bond acceptors (Lipinski definition) is 9. The third kappa shape index (κ3) is 6.69. The zero-order valence-electron chi connectivity index (χ0n) is 21.2. The number of esters is 1. The van der Waals surface area contributed by atoms with Crippen LogP contribution in [-0.4, -0.2) is 80.4 Å². The van der Waals surface area contributed by atoms with Crippen LogP contribution in [0.3, 0.4) is 0 Å². The van der Waals surface area contributed by atoms with E-state index in [0.717, 1.165) is 4.90 Å². The predicted molar refractivity (Wildman–Crippen MR) is 138 cm³/mol. The Morgan fingerprint density at radius 2 is 1.97 bits per heavy atom. The number of hydrogen-bond donors (Lipinski definition) is 3. The first kappa shape index (κ1) is 28.6. The van der Waals surface area contributed by atoms with Crippen molar-refractivity contribution in [3.8, 4) is 0 Å². The largest absolute Gasteiger partial charge is 0.477 e. The fraction of sp³-hybridized carbons (Fsp3) is 0.542. The van der Waals surface area contributed by atoms with Gasteiger partial charge >= 0.3 is 18.0 Å². The van der Waals surface area contributed by atoms with Gasteiger partial charge in [0.05, 0.1) is 4.58 Å². The monoisotopic (exact) mass is 553 g/mol. The molecule has 3 N–H and O–H groups in total. The van der Waals surface area contributed by atoms with Gasteiger partial charge in [-0.05, 0) is 45.4 Å². The van der Waals surface area contributed by atoms with Gasteiger partial charge in [0.25, 0.3) is 5.91 Å². The third-order valence-corrected chi connectivity index (χ3v) is 8.53. The van der Waals surface area contributed by atoms with Crippen molar-refractivity contribution in [3.05, 3.63) is 35.1 Å². The van der Waals surface area contributed by atoms with Gasteiger partial charge in [0, 0.05) is 12.5 Å². The SMILES string of the molecule is CSC1S[C@@H]2[C@H](NC(=O)C(NC(=O)OC(C)(C)C)C3=CCC=CC3)C(=O)N2C(C(=O)O)=C1COC(C)=O. The van der Waals surface area contributed by atoms with E-state index in [1.54, 1.807) is 27.0 Å². The molecule has 4 atom stereocenters. The molecule has 0 bridgehead atoms. The highest BCUT2D eigenvalue weighted by atomic mass is 32.2. The number of alkyl carbamates (subject to hydrolysis) is 1. The van der Waals surface area contributed by atoms with E-state index >= 15 is 0 Å². The van der Waals surface area contributed by atoms with Crippen LogP contribution in [-0.2, 0) is 28.7 Å². The summed E-state index contributed by atoms with van der Waals surface area (Å²) in [7, 11) is 0. The number of amides is 3. The molecule has 2 aliphatic heterocycles. The number of carbonyl (C=O) groups is 5. The Bertz CT molecular complexity index is 1080. The van der Waals surface area contributed by atoms with E-state index < -0.39 is 57.5 Å². The summed E-state index contributed by atoms with van der Waals surface area (Å²) >= 11 is 2.63. The average Bonchev–Trinajstić information content (AvgIpc) is 2.82. The smallest absolute Gasteiger partial charge is 0.408 e. The Balaban J connectivity index is 1.82. The summed E-state index contributed by atoms with van der Waals surface area (Å²) in [5.41, 5.74) is -0.0603. The highest BCUT2D eigenvalue weighted by Crippen LogP contribution is 2.47. The van der Waals surface area contributed by atoms with Crippen molar-refractivity contribution in [1.82, 2.24) is 15.5 Å². The van der Waals surface area contributed by atoms with Crippen molar-refractivity contribution >= 4 is 53.4 Å². The van der Waals surface area contributed by atoms with Crippen LogP contribution in [0.5, 0.6) is 0 Å². The molecule has 0 spiro atoms. The lowest BCUT2D eigenvalue weighted by atomic mass is 9.96. The van der Waals surface area contributed by atoms with Gasteiger partial charge in [-0.1, -0.05) is 18.2 Å². The first-order valence-electron chi connectivity index (χ1n) is 11.6. The van der Waals surface area contributed by atoms with Crippen LogP contribution in [0.15, 0.2) is 35.1 Å². The number of rotatable bonds is 8. The standard InChI is InChI=1S/C24H31N3O8S2/c1-12(28)34-11-14-17(21(31)32)27-19(30)16(20(27)37-22(14)36-5)25-18(29)15(13-9-7-6-8-10-13)26-23(33)35-24(2,3)4/h6-7,10,15-16,20,22H,8-9,11H2,1-5H3,(H,25,29)(H,26,33)(H,31,32)/t15?,16-,20-,22?/m1/s1. The number of nitrogens with zero attached hydrogens (tertiary/aromatic N) is 1. The maximum Gasteiger partial charge on any atom is 0.408 e. The molecule has 11 nitrogen and oxygen atoms in total. The summed E-state index contributed by atoms with van der Waals surface area (Å²) < 4.78 is 9.94. The molecule has 202 valence electrons. The van der Waals surface area contributed by atoms with Crippen molar-refractivity contribution in [1.29, 1.82) is 0 Å². The molecule has 0 aromatic heterocycles. The van der Waals surface area contributed by atoms with Crippen molar-refractivity contribution in [3.63, 3.8) is 0 Å². The van der Waals surface area contributed by atoms with Crippen molar-refractivity contribution < 1.29 is 38.6 Å². The van der Waals surface area contributed by atoms with Crippen molar-refractivity contribution in [2.24, 2.45) is 0 Å². The molecule has 3 rings (SSSR count). The van der Waals surface area contributed by atoms with Gasteiger partial charge in [-0.25, -0.2) is 9.59 Å². The van der Waals surface area contributed by atoms with E-state index in [9.17, 15) is 29.1 Å². The summed E-state index contributed by atoms with van der Waals surface area (Å²) in [5.74, 6) is -3.09. The molecule has 13 heteroatoms. The Hall–Kier alpha value is -2.93. The number of nitrogens with one attached hydrogen (secondary N) is 2. The van der Waals surface area contributed by atoms with E-state index in [4.69, 9.17) is 9.47 Å². The van der Waals surface area contributed by atoms with Crippen molar-refractivity contribution in [2.45, 2.75) is 68.2 Å². The molecule has 3 amide bonds. The number of β-lactam (4-membered cyclic amide) rings is 1. The van der Waals surface area contributed by atoms with Crippen LogP contribution in [0.4, 0.5) is 4.79 Å². The van der Waals surface area contributed by atoms with Gasteiger partial charge in [0.1, 0.15) is 35.4 Å². The maximum atomic E-state index is 13.4. The first-order chi connectivity index (χ1) is 17.3. The minimum Gasteiger partial charge on any atom is -0.477 e. The number of carboxylic acids is 1. The molecule has 2 unspecified atom stereocenters. The van der Waals surface area contributed by atoms with Crippen LogP contribution in [0.2, 0.25) is 0 Å². The van der Waals surface area contributed by atoms with Gasteiger partial charge < -0.3 is 25.2 Å². The van der Waals surface area contributed by atoms with Crippen LogP contribution in [0, 0.1) is 0 Å². The number of allylic oxidation sites excluding steroid dienone is 3. The molecule has 0 aromatic rings. The highest BCUT2D eigenvalue weighted by Gasteiger charge is 2.56. The maximum absolute atomic E-state index is 13.4. The normalized spacial score (nSPS) is 23.8. The minimum absolute atomic E-state index is 0.247. The fourth-order valence-electron chi connectivity index (χ4n) is 4.05. The average molecular weight is 554 g/mol. The summed E-state index contributed by atoms with van der Waals surface area (Å²) in [6.07, 6.45) is 7.70. The van der Waals surface area contributed by atoms with E-state index in [1.807, 2.05) is 18.2 Å². The van der Waals surface area contributed by atoms with E-state index in [-0.39, 0.29) is 12.3 Å². The molecule has 0 saturated carbocycles. The number of ether oxygens (including phenoxy) is 2. The van der Waals surface area contributed by atoms with Crippen LogP contribution < -0.4 is 10.6 Å². The Labute approximate surface area is 223 Å². The molecule has 1 fully saturated rings. The zero-order valence-corrected chi connectivity index (χ0v) is 22.9. The van der Waals surface area contributed by atoms with Gasteiger partial charge in [-0.15, -0.1) is 23.5 Å². The summed E-state index contributed by atoms with van der Waals surface area (Å²) in [4.78, 5) is 63.5. The second-order valence-corrected chi connectivity index (χ2v) is 12.0. The van der Waals surface area contributed by atoms with Gasteiger partial charge in [-0.3, -0.25) is 19.3 Å². The first-order valence-corrected chi connectivity index (χ1v) is 13.8. The Kier molecular flexibility index (Phi) is 9.00. The molecule has 0 aromatic carbocycles. The second kappa shape index (κ2) is 11.6. The summed E-state index contributed by atoms with van der Waals surface area (Å²) in [6, 6.07) is -2.07. The van der Waals surface area contributed by atoms with Gasteiger partial charge in [-0.2, -0.15) is 0 Å². The van der Waals surface area contributed by atoms with E-state index in [1.165, 1.54) is 30.4 Å². The van der Waals surface area contributed by atoms with Gasteiger partial charge in [0.2, 0.25) is 5.91 Å². The lowest BCUT2D eigenvalue weighted by Gasteiger charge is -2.51. The molecular weight excluding hydrogens is 522 g/mol. The molecule has 3 aliphatic rings. The molecule has 37 heavy (non-hydrogen) atoms. The van der Waals surface area contributed by atoms with E-state index in [0.29, 0.717) is 24.0 Å². The molecular formula is C24H31N3O8S2. The van der Waals surface area contributed by atoms with Crippen LogP contribution >= 0.6 is 23.5 Å². The van der Waals surface area contributed by atoms with Crippen LogP contribution in [0.1, 0.15) is 40.5 Å². The molecule has 1 saturated heterocycles. The third-order valence-electron chi connectivity index (χ3n) is 5.61. The summed E-state index contributed by atoms with van der Waals surface area (Å²) in [6.45, 7) is 6.08. The Morgan fingerprint density at radius 1 is 1.27 bits per heavy atom.